The van der Waals surface area contributed by atoms with Gasteiger partial charge in [0.1, 0.15) is 11.2 Å². The van der Waals surface area contributed by atoms with Crippen molar-refractivity contribution in [3.8, 4) is 0 Å². The van der Waals surface area contributed by atoms with Crippen LogP contribution in [-0.2, 0) is 5.60 Å². The average Bonchev–Trinajstić information content (AvgIpc) is 2.82. The first kappa shape index (κ1) is 13.4. The molecule has 0 fully saturated rings. The number of carboxylic acid groups (broad SMARTS) is 1. The molecule has 19 heavy (non-hydrogen) atoms. The van der Waals surface area contributed by atoms with Gasteiger partial charge < -0.3 is 14.6 Å². The van der Waals surface area contributed by atoms with Gasteiger partial charge in [0.2, 0.25) is 0 Å². The number of carbonyl (C=O) groups is 1. The van der Waals surface area contributed by atoms with Crippen molar-refractivity contribution in [3.63, 3.8) is 0 Å². The Hall–Kier alpha value is -2.07. The zero-order valence-corrected chi connectivity index (χ0v) is 11.1. The summed E-state index contributed by atoms with van der Waals surface area (Å²) in [6.45, 7) is 5.33. The zero-order valence-electron chi connectivity index (χ0n) is 11.1. The van der Waals surface area contributed by atoms with E-state index < -0.39 is 11.6 Å². The molecule has 0 saturated heterocycles. The Morgan fingerprint density at radius 1 is 1.26 bits per heavy atom. The number of furan rings is 1. The number of hydrogen-bond donors (Lipinski definition) is 2. The molecular formula is C15H16O4. The molecule has 0 saturated carbocycles. The molecule has 1 heterocycles. The summed E-state index contributed by atoms with van der Waals surface area (Å²) >= 11 is 0. The van der Waals surface area contributed by atoms with E-state index in [4.69, 9.17) is 9.52 Å². The van der Waals surface area contributed by atoms with Gasteiger partial charge in [0, 0.05) is 0 Å². The first-order chi connectivity index (χ1) is 8.84. The fraction of sp³-hybridized carbons (Fsp3) is 0.267. The van der Waals surface area contributed by atoms with Gasteiger partial charge in [0.05, 0.1) is 6.26 Å². The number of hydrogen-bond acceptors (Lipinski definition) is 3. The number of aliphatic hydroxyl groups is 1. The molecule has 0 radical (unpaired) electrons. The van der Waals surface area contributed by atoms with Crippen LogP contribution in [0, 0.1) is 13.8 Å². The number of benzene rings is 1. The fourth-order valence-corrected chi connectivity index (χ4v) is 2.24. The van der Waals surface area contributed by atoms with E-state index in [-0.39, 0.29) is 11.3 Å². The topological polar surface area (TPSA) is 70.7 Å². The minimum absolute atomic E-state index is 0.0223. The van der Waals surface area contributed by atoms with Gasteiger partial charge in [0.15, 0.2) is 5.76 Å². The van der Waals surface area contributed by atoms with Crippen LogP contribution in [0.1, 0.15) is 39.7 Å². The van der Waals surface area contributed by atoms with Gasteiger partial charge >= 0.3 is 5.97 Å². The molecule has 2 rings (SSSR count). The van der Waals surface area contributed by atoms with Crippen molar-refractivity contribution in [1.82, 2.24) is 0 Å². The molecule has 1 aromatic heterocycles. The third-order valence-corrected chi connectivity index (χ3v) is 3.26. The van der Waals surface area contributed by atoms with Gasteiger partial charge in [-0.25, -0.2) is 4.79 Å². The first-order valence-corrected chi connectivity index (χ1v) is 5.95. The van der Waals surface area contributed by atoms with Gasteiger partial charge in [-0.15, -0.1) is 0 Å². The second kappa shape index (κ2) is 4.55. The fourth-order valence-electron chi connectivity index (χ4n) is 2.24. The van der Waals surface area contributed by atoms with Gasteiger partial charge in [-0.2, -0.15) is 0 Å². The van der Waals surface area contributed by atoms with Crippen LogP contribution in [0.25, 0.3) is 0 Å². The molecule has 0 spiro atoms. The summed E-state index contributed by atoms with van der Waals surface area (Å²) in [5, 5.41) is 19.8. The van der Waals surface area contributed by atoms with Gasteiger partial charge in [-0.3, -0.25) is 0 Å². The molecule has 1 aromatic carbocycles. The average molecular weight is 260 g/mol. The summed E-state index contributed by atoms with van der Waals surface area (Å²) in [5.41, 5.74) is 1.01. The summed E-state index contributed by atoms with van der Waals surface area (Å²) in [7, 11) is 0. The van der Waals surface area contributed by atoms with E-state index in [2.05, 4.69) is 0 Å². The lowest BCUT2D eigenvalue weighted by Gasteiger charge is -2.24. The highest BCUT2D eigenvalue weighted by atomic mass is 16.4. The highest BCUT2D eigenvalue weighted by molar-refractivity contribution is 5.89. The van der Waals surface area contributed by atoms with E-state index >= 15 is 0 Å². The highest BCUT2D eigenvalue weighted by Gasteiger charge is 2.35. The Kier molecular flexibility index (Phi) is 3.20. The lowest BCUT2D eigenvalue weighted by molar-refractivity contribution is 0.0612. The molecule has 0 amide bonds. The quantitative estimate of drug-likeness (QED) is 0.890. The maximum Gasteiger partial charge on any atom is 0.339 e. The molecule has 0 bridgehead atoms. The Morgan fingerprint density at radius 2 is 1.95 bits per heavy atom. The van der Waals surface area contributed by atoms with Crippen molar-refractivity contribution < 1.29 is 19.4 Å². The summed E-state index contributed by atoms with van der Waals surface area (Å²) in [6, 6.07) is 7.01. The monoisotopic (exact) mass is 260 g/mol. The first-order valence-electron chi connectivity index (χ1n) is 5.95. The highest BCUT2D eigenvalue weighted by Crippen LogP contribution is 2.34. The molecule has 1 unspecified atom stereocenters. The lowest BCUT2D eigenvalue weighted by Crippen LogP contribution is -2.25. The van der Waals surface area contributed by atoms with Gasteiger partial charge in [-0.1, -0.05) is 23.8 Å². The van der Waals surface area contributed by atoms with Gasteiger partial charge in [-0.05, 0) is 38.0 Å². The van der Waals surface area contributed by atoms with Crippen LogP contribution in [0.15, 0.2) is 34.9 Å². The van der Waals surface area contributed by atoms with Crippen molar-refractivity contribution in [2.45, 2.75) is 26.4 Å². The van der Waals surface area contributed by atoms with Crippen LogP contribution in [0.4, 0.5) is 0 Å². The Labute approximate surface area is 111 Å². The maximum absolute atomic E-state index is 11.1. The molecule has 2 aromatic rings. The minimum atomic E-state index is -1.48. The van der Waals surface area contributed by atoms with Crippen LogP contribution < -0.4 is 0 Å². The molecule has 1 atom stereocenters. The van der Waals surface area contributed by atoms with Crippen molar-refractivity contribution in [3.05, 3.63) is 58.5 Å². The molecule has 4 heteroatoms. The normalized spacial score (nSPS) is 14.1. The predicted octanol–water partition coefficient (Wildman–Crippen LogP) is 2.85. The molecule has 0 aliphatic carbocycles. The maximum atomic E-state index is 11.1. The largest absolute Gasteiger partial charge is 0.478 e. The summed E-state index contributed by atoms with van der Waals surface area (Å²) in [4.78, 5) is 11.1. The molecule has 2 N–H and O–H groups in total. The van der Waals surface area contributed by atoms with Gasteiger partial charge in [0.25, 0.3) is 0 Å². The Bertz CT molecular complexity index is 623. The van der Waals surface area contributed by atoms with E-state index in [0.29, 0.717) is 5.56 Å². The van der Waals surface area contributed by atoms with Crippen LogP contribution in [0.3, 0.4) is 0 Å². The standard InChI is InChI=1S/C15H16O4/c1-9-4-5-10(2)12(8-9)15(3,18)13-11(14(16)17)6-7-19-13/h4-8,18H,1-3H3,(H,16,17). The molecule has 0 aliphatic rings. The van der Waals surface area contributed by atoms with E-state index in [0.717, 1.165) is 11.1 Å². The predicted molar refractivity (Wildman–Crippen MR) is 70.3 cm³/mol. The number of rotatable bonds is 3. The second-order valence-electron chi connectivity index (χ2n) is 4.86. The van der Waals surface area contributed by atoms with Crippen LogP contribution >= 0.6 is 0 Å². The van der Waals surface area contributed by atoms with E-state index in [9.17, 15) is 9.90 Å². The lowest BCUT2D eigenvalue weighted by atomic mass is 9.87. The van der Waals surface area contributed by atoms with Crippen LogP contribution in [-0.4, -0.2) is 16.2 Å². The third kappa shape index (κ3) is 2.27. The SMILES string of the molecule is Cc1ccc(C)c(C(C)(O)c2occc2C(=O)O)c1. The molecule has 100 valence electrons. The van der Waals surface area contributed by atoms with Crippen LogP contribution in [0.5, 0.6) is 0 Å². The van der Waals surface area contributed by atoms with Crippen LogP contribution in [0.2, 0.25) is 0 Å². The second-order valence-corrected chi connectivity index (χ2v) is 4.86. The van der Waals surface area contributed by atoms with Crippen molar-refractivity contribution in [2.24, 2.45) is 0 Å². The Balaban J connectivity index is 2.61. The Morgan fingerprint density at radius 3 is 2.58 bits per heavy atom. The zero-order chi connectivity index (χ0) is 14.2. The van der Waals surface area contributed by atoms with E-state index in [1.165, 1.54) is 12.3 Å². The number of aromatic carboxylic acids is 1. The number of carboxylic acids is 1. The van der Waals surface area contributed by atoms with E-state index in [1.807, 2.05) is 32.0 Å². The smallest absolute Gasteiger partial charge is 0.339 e. The molecular weight excluding hydrogens is 244 g/mol. The van der Waals surface area contributed by atoms with E-state index in [1.54, 1.807) is 6.92 Å². The van der Waals surface area contributed by atoms with Crippen molar-refractivity contribution >= 4 is 5.97 Å². The van der Waals surface area contributed by atoms with Crippen molar-refractivity contribution in [1.29, 1.82) is 0 Å². The summed E-state index contributed by atoms with van der Waals surface area (Å²) < 4.78 is 5.21. The third-order valence-electron chi connectivity index (χ3n) is 3.26. The minimum Gasteiger partial charge on any atom is -0.478 e. The van der Waals surface area contributed by atoms with Crippen molar-refractivity contribution in [2.75, 3.05) is 0 Å². The summed E-state index contributed by atoms with van der Waals surface area (Å²) in [6.07, 6.45) is 1.28. The number of aryl methyl sites for hydroxylation is 2. The summed E-state index contributed by atoms with van der Waals surface area (Å²) in [5.74, 6) is -1.07. The molecule has 4 nitrogen and oxygen atoms in total. The molecule has 0 aliphatic heterocycles.